The molecular formula is C17H18Cl3N5O2. The number of amides is 1. The van der Waals surface area contributed by atoms with Gasteiger partial charge in [0.1, 0.15) is 17.2 Å². The lowest BCUT2D eigenvalue weighted by atomic mass is 10.2. The number of aromatic nitrogens is 1. The van der Waals surface area contributed by atoms with Gasteiger partial charge in [-0.25, -0.2) is 0 Å². The second-order valence-electron chi connectivity index (χ2n) is 5.27. The van der Waals surface area contributed by atoms with Gasteiger partial charge in [-0.2, -0.15) is 4.99 Å². The summed E-state index contributed by atoms with van der Waals surface area (Å²) in [5.74, 6) is 0.683. The summed E-state index contributed by atoms with van der Waals surface area (Å²) >= 11 is 6.30. The number of carbonyl (C=O) groups excluding carboxylic acids is 1. The Bertz CT molecular complexity index is 971. The maximum absolute atomic E-state index is 12.1. The van der Waals surface area contributed by atoms with Gasteiger partial charge in [0.2, 0.25) is 0 Å². The van der Waals surface area contributed by atoms with Crippen LogP contribution in [-0.2, 0) is 0 Å². The molecule has 0 saturated carbocycles. The van der Waals surface area contributed by atoms with Gasteiger partial charge in [-0.05, 0) is 30.3 Å². The number of carbonyl (C=O) groups is 1. The third-order valence-electron chi connectivity index (χ3n) is 3.49. The van der Waals surface area contributed by atoms with E-state index in [-0.39, 0.29) is 36.5 Å². The molecule has 1 aromatic heterocycles. The Morgan fingerprint density at radius 3 is 2.44 bits per heavy atom. The average Bonchev–Trinajstić information content (AvgIpc) is 3.01. The molecule has 0 aliphatic heterocycles. The Hall–Kier alpha value is -2.61. The Kier molecular flexibility index (Phi) is 7.78. The SMILES string of the molecule is CNC(N)=NC(=O)c1cc2c(Cl)cc(Oc3ccc(N)cc3)cc2[nH]1.Cl.Cl. The summed E-state index contributed by atoms with van der Waals surface area (Å²) in [6.07, 6.45) is 0. The molecule has 0 aliphatic rings. The molecule has 3 rings (SSSR count). The fourth-order valence-electron chi connectivity index (χ4n) is 2.24. The third kappa shape index (κ3) is 5.19. The molecule has 0 fully saturated rings. The zero-order valence-corrected chi connectivity index (χ0v) is 16.5. The van der Waals surface area contributed by atoms with Crippen LogP contribution in [0.3, 0.4) is 0 Å². The van der Waals surface area contributed by atoms with Gasteiger partial charge in [0.25, 0.3) is 5.91 Å². The highest BCUT2D eigenvalue weighted by Gasteiger charge is 2.13. The molecule has 0 spiro atoms. The molecule has 3 aromatic rings. The van der Waals surface area contributed by atoms with Gasteiger partial charge in [-0.1, -0.05) is 11.6 Å². The molecule has 0 unspecified atom stereocenters. The average molecular weight is 431 g/mol. The highest BCUT2D eigenvalue weighted by Crippen LogP contribution is 2.32. The Balaban J connectivity index is 0.00000182. The van der Waals surface area contributed by atoms with E-state index in [1.54, 1.807) is 49.5 Å². The minimum absolute atomic E-state index is 0. The number of halogens is 3. The van der Waals surface area contributed by atoms with E-state index in [1.807, 2.05) is 0 Å². The zero-order valence-electron chi connectivity index (χ0n) is 14.2. The molecule has 0 radical (unpaired) electrons. The largest absolute Gasteiger partial charge is 0.457 e. The summed E-state index contributed by atoms with van der Waals surface area (Å²) in [6.45, 7) is 0. The molecular weight excluding hydrogens is 413 g/mol. The number of nitrogens with one attached hydrogen (secondary N) is 2. The number of aliphatic imine (C=N–C) groups is 1. The number of ether oxygens (including phenoxy) is 1. The van der Waals surface area contributed by atoms with Crippen LogP contribution in [0.25, 0.3) is 10.9 Å². The molecule has 27 heavy (non-hydrogen) atoms. The van der Waals surface area contributed by atoms with Crippen molar-refractivity contribution in [3.8, 4) is 11.5 Å². The monoisotopic (exact) mass is 429 g/mol. The van der Waals surface area contributed by atoms with Crippen LogP contribution < -0.4 is 21.5 Å². The topological polar surface area (TPSA) is 119 Å². The number of nitrogen functional groups attached to an aromatic ring is 1. The molecule has 10 heteroatoms. The fraction of sp³-hybridized carbons (Fsp3) is 0.0588. The molecule has 0 aliphatic carbocycles. The molecule has 2 aromatic carbocycles. The summed E-state index contributed by atoms with van der Waals surface area (Å²) in [5, 5.41) is 3.73. The van der Waals surface area contributed by atoms with Crippen LogP contribution in [0.4, 0.5) is 5.69 Å². The van der Waals surface area contributed by atoms with Crippen molar-refractivity contribution in [2.45, 2.75) is 0 Å². The van der Waals surface area contributed by atoms with Crippen LogP contribution in [0.5, 0.6) is 11.5 Å². The summed E-state index contributed by atoms with van der Waals surface area (Å²) in [6, 6.07) is 12.0. The second-order valence-corrected chi connectivity index (χ2v) is 5.68. The number of anilines is 1. The van der Waals surface area contributed by atoms with E-state index >= 15 is 0 Å². The Morgan fingerprint density at radius 1 is 1.15 bits per heavy atom. The van der Waals surface area contributed by atoms with Crippen molar-refractivity contribution in [3.05, 3.63) is 53.2 Å². The highest BCUT2D eigenvalue weighted by molar-refractivity contribution is 6.35. The molecule has 144 valence electrons. The number of aromatic amines is 1. The maximum Gasteiger partial charge on any atom is 0.296 e. The van der Waals surface area contributed by atoms with Crippen LogP contribution >= 0.6 is 36.4 Å². The van der Waals surface area contributed by atoms with E-state index in [9.17, 15) is 4.79 Å². The van der Waals surface area contributed by atoms with Crippen molar-refractivity contribution in [1.82, 2.24) is 10.3 Å². The minimum atomic E-state index is -0.500. The van der Waals surface area contributed by atoms with Crippen LogP contribution in [-0.4, -0.2) is 23.9 Å². The number of hydrogen-bond donors (Lipinski definition) is 4. The summed E-state index contributed by atoms with van der Waals surface area (Å²) in [7, 11) is 1.58. The number of hydrogen-bond acceptors (Lipinski definition) is 3. The van der Waals surface area contributed by atoms with Crippen LogP contribution in [0, 0.1) is 0 Å². The molecule has 7 nitrogen and oxygen atoms in total. The number of benzene rings is 2. The van der Waals surface area contributed by atoms with E-state index in [0.717, 1.165) is 0 Å². The minimum Gasteiger partial charge on any atom is -0.457 e. The lowest BCUT2D eigenvalue weighted by molar-refractivity contribution is 0.0998. The van der Waals surface area contributed by atoms with E-state index in [4.69, 9.17) is 27.8 Å². The maximum atomic E-state index is 12.1. The van der Waals surface area contributed by atoms with Crippen molar-refractivity contribution in [2.75, 3.05) is 12.8 Å². The summed E-state index contributed by atoms with van der Waals surface area (Å²) in [4.78, 5) is 18.8. The number of fused-ring (bicyclic) bond motifs is 1. The smallest absolute Gasteiger partial charge is 0.296 e. The summed E-state index contributed by atoms with van der Waals surface area (Å²) < 4.78 is 5.77. The van der Waals surface area contributed by atoms with E-state index < -0.39 is 5.91 Å². The lowest BCUT2D eigenvalue weighted by Crippen LogP contribution is -2.28. The molecule has 0 atom stereocenters. The van der Waals surface area contributed by atoms with Gasteiger partial charge < -0.3 is 26.5 Å². The number of guanidine groups is 1. The van der Waals surface area contributed by atoms with E-state index in [0.29, 0.717) is 33.1 Å². The van der Waals surface area contributed by atoms with Gasteiger partial charge >= 0.3 is 0 Å². The predicted octanol–water partition coefficient (Wildman–Crippen LogP) is 3.71. The van der Waals surface area contributed by atoms with Crippen molar-refractivity contribution >= 4 is 64.9 Å². The normalized spacial score (nSPS) is 10.7. The second kappa shape index (κ2) is 9.36. The molecule has 0 bridgehead atoms. The number of nitrogens with zero attached hydrogens (tertiary/aromatic N) is 1. The van der Waals surface area contributed by atoms with Crippen LogP contribution in [0.1, 0.15) is 10.5 Å². The standard InChI is InChI=1S/C17H16ClN5O2.2ClH/c1-21-17(20)23-16(24)15-8-12-13(18)6-11(7-14(12)22-15)25-10-4-2-9(19)3-5-10;;/h2-8,22H,19H2,1H3,(H3,20,21,23,24);2*1H. The van der Waals surface area contributed by atoms with Crippen LogP contribution in [0.15, 0.2) is 47.5 Å². The van der Waals surface area contributed by atoms with Crippen molar-refractivity contribution in [3.63, 3.8) is 0 Å². The quantitative estimate of drug-likeness (QED) is 0.287. The third-order valence-corrected chi connectivity index (χ3v) is 3.80. The highest BCUT2D eigenvalue weighted by atomic mass is 35.5. The van der Waals surface area contributed by atoms with Gasteiger partial charge in [0.05, 0.1) is 10.5 Å². The van der Waals surface area contributed by atoms with Crippen molar-refractivity contribution in [2.24, 2.45) is 10.7 Å². The molecule has 6 N–H and O–H groups in total. The Labute approximate surface area is 172 Å². The predicted molar refractivity (Wildman–Crippen MR) is 114 cm³/mol. The van der Waals surface area contributed by atoms with Gasteiger partial charge in [-0.3, -0.25) is 4.79 Å². The van der Waals surface area contributed by atoms with Gasteiger partial charge in [0.15, 0.2) is 5.96 Å². The fourth-order valence-corrected chi connectivity index (χ4v) is 2.50. The first-order valence-corrected chi connectivity index (χ1v) is 7.76. The van der Waals surface area contributed by atoms with E-state index in [2.05, 4.69) is 15.3 Å². The number of rotatable bonds is 3. The zero-order chi connectivity index (χ0) is 18.0. The van der Waals surface area contributed by atoms with Gasteiger partial charge in [0, 0.05) is 30.3 Å². The van der Waals surface area contributed by atoms with Gasteiger partial charge in [-0.15, -0.1) is 24.8 Å². The summed E-state index contributed by atoms with van der Waals surface area (Å²) in [5.41, 5.74) is 12.7. The van der Waals surface area contributed by atoms with E-state index in [1.165, 1.54) is 0 Å². The molecule has 1 amide bonds. The number of H-pyrrole nitrogens is 1. The van der Waals surface area contributed by atoms with Crippen LogP contribution in [0.2, 0.25) is 5.02 Å². The number of nitrogens with two attached hydrogens (primary N) is 2. The first-order chi connectivity index (χ1) is 12.0. The Morgan fingerprint density at radius 2 is 1.81 bits per heavy atom. The first kappa shape index (κ1) is 22.4. The molecule has 0 saturated heterocycles. The van der Waals surface area contributed by atoms with Crippen molar-refractivity contribution < 1.29 is 9.53 Å². The lowest BCUT2D eigenvalue weighted by Gasteiger charge is -2.07. The molecule has 1 heterocycles. The van der Waals surface area contributed by atoms with Crippen molar-refractivity contribution in [1.29, 1.82) is 0 Å². The first-order valence-electron chi connectivity index (χ1n) is 7.38.